The number of fused-ring (bicyclic) bond motifs is 1. The first-order valence-electron chi connectivity index (χ1n) is 8.91. The van der Waals surface area contributed by atoms with Crippen molar-refractivity contribution in [1.29, 1.82) is 0 Å². The Kier molecular flexibility index (Phi) is 4.73. The number of pyridine rings is 1. The van der Waals surface area contributed by atoms with Crippen molar-refractivity contribution >= 4 is 28.2 Å². The summed E-state index contributed by atoms with van der Waals surface area (Å²) in [5, 5.41) is 3.73. The SMILES string of the molecule is Cc1ccc2nc(C(=O)Nc3cccc(F)c3)cc(N3CCOCC3)c2c1. The maximum absolute atomic E-state index is 13.4. The fourth-order valence-electron chi connectivity index (χ4n) is 3.27. The van der Waals surface area contributed by atoms with Crippen molar-refractivity contribution in [2.24, 2.45) is 0 Å². The molecular weight excluding hydrogens is 345 g/mol. The number of carbonyl (C=O) groups is 1. The molecule has 138 valence electrons. The van der Waals surface area contributed by atoms with Crippen molar-refractivity contribution in [3.8, 4) is 0 Å². The van der Waals surface area contributed by atoms with E-state index in [0.717, 1.165) is 35.2 Å². The summed E-state index contributed by atoms with van der Waals surface area (Å²) in [5.74, 6) is -0.763. The minimum atomic E-state index is -0.399. The van der Waals surface area contributed by atoms with E-state index in [-0.39, 0.29) is 5.91 Å². The normalized spacial score (nSPS) is 14.4. The number of nitrogens with zero attached hydrogens (tertiary/aromatic N) is 2. The van der Waals surface area contributed by atoms with Gasteiger partial charge >= 0.3 is 0 Å². The number of hydrogen-bond donors (Lipinski definition) is 1. The van der Waals surface area contributed by atoms with E-state index in [9.17, 15) is 9.18 Å². The summed E-state index contributed by atoms with van der Waals surface area (Å²) in [5.41, 5.74) is 3.57. The van der Waals surface area contributed by atoms with Gasteiger partial charge in [-0.2, -0.15) is 0 Å². The number of amides is 1. The summed E-state index contributed by atoms with van der Waals surface area (Å²) in [6.45, 7) is 4.87. The van der Waals surface area contributed by atoms with Crippen LogP contribution >= 0.6 is 0 Å². The fraction of sp³-hybridized carbons (Fsp3) is 0.238. The maximum Gasteiger partial charge on any atom is 0.274 e. The molecule has 2 heterocycles. The summed E-state index contributed by atoms with van der Waals surface area (Å²) in [4.78, 5) is 19.5. The molecule has 0 radical (unpaired) electrons. The highest BCUT2D eigenvalue weighted by atomic mass is 19.1. The zero-order valence-electron chi connectivity index (χ0n) is 15.0. The Bertz CT molecular complexity index is 1000. The smallest absolute Gasteiger partial charge is 0.274 e. The van der Waals surface area contributed by atoms with Crippen LogP contribution in [0.15, 0.2) is 48.5 Å². The van der Waals surface area contributed by atoms with E-state index >= 15 is 0 Å². The summed E-state index contributed by atoms with van der Waals surface area (Å²) in [6.07, 6.45) is 0. The van der Waals surface area contributed by atoms with Crippen LogP contribution in [-0.2, 0) is 4.74 Å². The molecule has 27 heavy (non-hydrogen) atoms. The number of nitrogens with one attached hydrogen (secondary N) is 1. The molecule has 4 rings (SSSR count). The first kappa shape index (κ1) is 17.4. The van der Waals surface area contributed by atoms with Gasteiger partial charge in [0, 0.05) is 29.9 Å². The number of aromatic nitrogens is 1. The predicted octanol–water partition coefficient (Wildman–Crippen LogP) is 3.77. The zero-order valence-corrected chi connectivity index (χ0v) is 15.0. The Labute approximate surface area is 156 Å². The third-order valence-corrected chi connectivity index (χ3v) is 4.61. The highest BCUT2D eigenvalue weighted by Crippen LogP contribution is 2.29. The molecule has 0 spiro atoms. The molecule has 1 aliphatic heterocycles. The molecule has 2 aromatic carbocycles. The average molecular weight is 365 g/mol. The molecule has 0 atom stereocenters. The molecule has 1 amide bonds. The quantitative estimate of drug-likeness (QED) is 0.768. The van der Waals surface area contributed by atoms with Crippen LogP contribution in [0, 0.1) is 12.7 Å². The monoisotopic (exact) mass is 365 g/mol. The van der Waals surface area contributed by atoms with E-state index in [1.54, 1.807) is 12.1 Å². The maximum atomic E-state index is 13.4. The van der Waals surface area contributed by atoms with Gasteiger partial charge in [-0.05, 0) is 43.3 Å². The lowest BCUT2D eigenvalue weighted by atomic mass is 10.1. The van der Waals surface area contributed by atoms with Crippen LogP contribution in [0.2, 0.25) is 0 Å². The molecule has 3 aromatic rings. The van der Waals surface area contributed by atoms with Gasteiger partial charge in [-0.25, -0.2) is 9.37 Å². The second kappa shape index (κ2) is 7.32. The van der Waals surface area contributed by atoms with Crippen molar-refractivity contribution in [2.75, 3.05) is 36.5 Å². The molecule has 6 heteroatoms. The Morgan fingerprint density at radius 1 is 1.15 bits per heavy atom. The number of carbonyl (C=O) groups excluding carboxylic acids is 1. The van der Waals surface area contributed by atoms with E-state index in [4.69, 9.17) is 4.74 Å². The van der Waals surface area contributed by atoms with Crippen LogP contribution in [0.25, 0.3) is 10.9 Å². The second-order valence-electron chi connectivity index (χ2n) is 6.61. The summed E-state index contributed by atoms with van der Waals surface area (Å²) in [6, 6.07) is 13.6. The van der Waals surface area contributed by atoms with Crippen LogP contribution in [0.1, 0.15) is 16.1 Å². The van der Waals surface area contributed by atoms with E-state index in [1.807, 2.05) is 25.1 Å². The van der Waals surface area contributed by atoms with Crippen LogP contribution in [-0.4, -0.2) is 37.2 Å². The molecule has 0 saturated carbocycles. The zero-order chi connectivity index (χ0) is 18.8. The Balaban J connectivity index is 1.74. The molecule has 0 unspecified atom stereocenters. The van der Waals surface area contributed by atoms with Gasteiger partial charge in [-0.1, -0.05) is 17.7 Å². The molecule has 1 N–H and O–H groups in total. The van der Waals surface area contributed by atoms with Gasteiger partial charge < -0.3 is 15.0 Å². The lowest BCUT2D eigenvalue weighted by Crippen LogP contribution is -2.36. The van der Waals surface area contributed by atoms with Gasteiger partial charge in [0.1, 0.15) is 11.5 Å². The van der Waals surface area contributed by atoms with Crippen LogP contribution in [0.5, 0.6) is 0 Å². The van der Waals surface area contributed by atoms with E-state index in [2.05, 4.69) is 21.3 Å². The Morgan fingerprint density at radius 3 is 2.74 bits per heavy atom. The third-order valence-electron chi connectivity index (χ3n) is 4.61. The number of benzene rings is 2. The lowest BCUT2D eigenvalue weighted by molar-refractivity contribution is 0.102. The van der Waals surface area contributed by atoms with Gasteiger partial charge in [-0.3, -0.25) is 4.79 Å². The van der Waals surface area contributed by atoms with Crippen LogP contribution < -0.4 is 10.2 Å². The Hall–Kier alpha value is -2.99. The first-order chi connectivity index (χ1) is 13.1. The standard InChI is InChI=1S/C21H20FN3O2/c1-14-5-6-18-17(11-14)20(25-7-9-27-10-8-25)13-19(24-18)21(26)23-16-4-2-3-15(22)12-16/h2-6,11-13H,7-10H2,1H3,(H,23,26). The van der Waals surface area contributed by atoms with Gasteiger partial charge in [0.25, 0.3) is 5.91 Å². The number of morpholine rings is 1. The number of halogens is 1. The van der Waals surface area contributed by atoms with Crippen molar-refractivity contribution in [2.45, 2.75) is 6.92 Å². The van der Waals surface area contributed by atoms with Crippen LogP contribution in [0.3, 0.4) is 0 Å². The number of anilines is 2. The van der Waals surface area contributed by atoms with Crippen molar-refractivity contribution in [3.05, 3.63) is 65.6 Å². The summed E-state index contributed by atoms with van der Waals surface area (Å²) >= 11 is 0. The van der Waals surface area contributed by atoms with E-state index < -0.39 is 5.82 Å². The molecule has 0 bridgehead atoms. The number of aryl methyl sites for hydroxylation is 1. The highest BCUT2D eigenvalue weighted by Gasteiger charge is 2.18. The van der Waals surface area contributed by atoms with Gasteiger partial charge in [0.15, 0.2) is 0 Å². The molecule has 1 aliphatic rings. The topological polar surface area (TPSA) is 54.5 Å². The van der Waals surface area contributed by atoms with Gasteiger partial charge in [0.2, 0.25) is 0 Å². The number of ether oxygens (including phenoxy) is 1. The minimum absolute atomic E-state index is 0.303. The molecule has 1 fully saturated rings. The van der Waals surface area contributed by atoms with E-state index in [0.29, 0.717) is 24.6 Å². The van der Waals surface area contributed by atoms with Gasteiger partial charge in [-0.15, -0.1) is 0 Å². The Morgan fingerprint density at radius 2 is 1.96 bits per heavy atom. The fourth-order valence-corrected chi connectivity index (χ4v) is 3.27. The minimum Gasteiger partial charge on any atom is -0.378 e. The second-order valence-corrected chi connectivity index (χ2v) is 6.61. The summed E-state index contributed by atoms with van der Waals surface area (Å²) < 4.78 is 18.8. The lowest BCUT2D eigenvalue weighted by Gasteiger charge is -2.30. The third kappa shape index (κ3) is 3.75. The molecule has 1 saturated heterocycles. The first-order valence-corrected chi connectivity index (χ1v) is 8.91. The van der Waals surface area contributed by atoms with Crippen LogP contribution in [0.4, 0.5) is 15.8 Å². The van der Waals surface area contributed by atoms with Crippen molar-refractivity contribution < 1.29 is 13.9 Å². The predicted molar refractivity (Wildman–Crippen MR) is 104 cm³/mol. The van der Waals surface area contributed by atoms with Crippen molar-refractivity contribution in [3.63, 3.8) is 0 Å². The van der Waals surface area contributed by atoms with E-state index in [1.165, 1.54) is 12.1 Å². The number of rotatable bonds is 3. The molecule has 0 aliphatic carbocycles. The van der Waals surface area contributed by atoms with Crippen molar-refractivity contribution in [1.82, 2.24) is 4.98 Å². The summed E-state index contributed by atoms with van der Waals surface area (Å²) in [7, 11) is 0. The molecule has 5 nitrogen and oxygen atoms in total. The average Bonchev–Trinajstić information content (AvgIpc) is 2.68. The molecular formula is C21H20FN3O2. The van der Waals surface area contributed by atoms with Gasteiger partial charge in [0.05, 0.1) is 18.7 Å². The molecule has 1 aromatic heterocycles. The number of hydrogen-bond acceptors (Lipinski definition) is 4. The highest BCUT2D eigenvalue weighted by molar-refractivity contribution is 6.06. The largest absolute Gasteiger partial charge is 0.378 e.